The van der Waals surface area contributed by atoms with E-state index in [1.54, 1.807) is 18.2 Å². The third-order valence-electron chi connectivity index (χ3n) is 5.98. The molecule has 1 saturated heterocycles. The van der Waals surface area contributed by atoms with E-state index in [-0.39, 0.29) is 35.8 Å². The summed E-state index contributed by atoms with van der Waals surface area (Å²) in [7, 11) is -4.09. The van der Waals surface area contributed by atoms with Crippen LogP contribution in [0, 0.1) is 11.6 Å². The second kappa shape index (κ2) is 7.66. The lowest BCUT2D eigenvalue weighted by Gasteiger charge is -2.52. The highest BCUT2D eigenvalue weighted by Crippen LogP contribution is 2.53. The molecule has 29 heavy (non-hydrogen) atoms. The van der Waals surface area contributed by atoms with E-state index in [1.165, 1.54) is 12.1 Å². The normalized spacial score (nSPS) is 24.4. The molecular weight excluding hydrogens is 400 g/mol. The van der Waals surface area contributed by atoms with E-state index in [1.807, 2.05) is 4.90 Å². The van der Waals surface area contributed by atoms with Gasteiger partial charge in [-0.15, -0.1) is 0 Å². The van der Waals surface area contributed by atoms with Crippen LogP contribution in [0.5, 0.6) is 5.75 Å². The van der Waals surface area contributed by atoms with Crippen LogP contribution in [0.15, 0.2) is 47.4 Å². The maximum Gasteiger partial charge on any atom is 0.190 e. The first-order valence-electron chi connectivity index (χ1n) is 9.69. The predicted molar refractivity (Wildman–Crippen MR) is 103 cm³/mol. The monoisotopic (exact) mass is 423 g/mol. The van der Waals surface area contributed by atoms with E-state index in [2.05, 4.69) is 0 Å². The predicted octanol–water partition coefficient (Wildman–Crippen LogP) is 2.87. The van der Waals surface area contributed by atoms with E-state index in [4.69, 9.17) is 4.74 Å². The van der Waals surface area contributed by atoms with E-state index in [0.29, 0.717) is 25.9 Å². The Morgan fingerprint density at radius 1 is 1.14 bits per heavy atom. The summed E-state index contributed by atoms with van der Waals surface area (Å²) in [6, 6.07) is 9.16. The molecular formula is C21H23F2NO4S. The van der Waals surface area contributed by atoms with Crippen LogP contribution in [0.3, 0.4) is 0 Å². The molecule has 0 unspecified atom stereocenters. The van der Waals surface area contributed by atoms with Crippen molar-refractivity contribution in [2.75, 3.05) is 26.3 Å². The Kier molecular flexibility index (Phi) is 5.35. The van der Waals surface area contributed by atoms with Crippen molar-refractivity contribution < 1.29 is 27.0 Å². The molecule has 0 radical (unpaired) electrons. The van der Waals surface area contributed by atoms with Crippen molar-refractivity contribution in [2.45, 2.75) is 34.9 Å². The molecule has 5 nitrogen and oxygen atoms in total. The van der Waals surface area contributed by atoms with Gasteiger partial charge in [0.1, 0.15) is 17.2 Å². The molecule has 2 atom stereocenters. The fourth-order valence-electron chi connectivity index (χ4n) is 4.72. The van der Waals surface area contributed by atoms with Gasteiger partial charge in [-0.05, 0) is 50.1 Å². The lowest BCUT2D eigenvalue weighted by atomic mass is 9.80. The van der Waals surface area contributed by atoms with E-state index in [9.17, 15) is 17.9 Å². The first-order chi connectivity index (χ1) is 13.9. The number of hydrogen-bond acceptors (Lipinski definition) is 5. The number of likely N-dealkylation sites (tertiary alicyclic amines) is 1. The zero-order valence-corrected chi connectivity index (χ0v) is 16.7. The largest absolute Gasteiger partial charge is 0.488 e. The molecule has 0 spiro atoms. The fourth-order valence-corrected chi connectivity index (χ4v) is 7.11. The standard InChI is InChI=1S/C21H23F2NO4S/c22-16-8-9-17(23)20-19(16)21(29(26,27)15-6-2-1-3-7-15)10-4-11-24(12-5-13-25)18(21)14-28-20/h1-3,6-9,18,25H,4-5,10-14H2/t18-,21+/m1/s1. The smallest absolute Gasteiger partial charge is 0.190 e. The Bertz CT molecular complexity index is 999. The molecule has 0 aromatic heterocycles. The molecule has 2 heterocycles. The SMILES string of the molecule is O=S(=O)(c1ccccc1)[C@@]12CCCN(CCCO)[C@@H]1COc1c(F)ccc(F)c12. The summed E-state index contributed by atoms with van der Waals surface area (Å²) >= 11 is 0. The Hall–Kier alpha value is -2.03. The third-order valence-corrected chi connectivity index (χ3v) is 8.51. The molecule has 4 rings (SSSR count). The van der Waals surface area contributed by atoms with Crippen LogP contribution < -0.4 is 4.74 Å². The quantitative estimate of drug-likeness (QED) is 0.801. The highest BCUT2D eigenvalue weighted by atomic mass is 32.2. The van der Waals surface area contributed by atoms with Gasteiger partial charge < -0.3 is 9.84 Å². The summed E-state index contributed by atoms with van der Waals surface area (Å²) in [6.07, 6.45) is 1.13. The molecule has 0 amide bonds. The van der Waals surface area contributed by atoms with Gasteiger partial charge >= 0.3 is 0 Å². The van der Waals surface area contributed by atoms with Crippen LogP contribution in [-0.2, 0) is 14.6 Å². The number of nitrogens with zero attached hydrogens (tertiary/aromatic N) is 1. The van der Waals surface area contributed by atoms with Crippen molar-refractivity contribution in [3.05, 3.63) is 59.7 Å². The number of aliphatic hydroxyl groups is 1. The molecule has 2 aromatic carbocycles. The molecule has 2 aromatic rings. The number of fused-ring (bicyclic) bond motifs is 3. The number of benzene rings is 2. The molecule has 156 valence electrons. The lowest BCUT2D eigenvalue weighted by molar-refractivity contribution is 0.0401. The molecule has 0 saturated carbocycles. The summed E-state index contributed by atoms with van der Waals surface area (Å²) in [5.74, 6) is -1.87. The van der Waals surface area contributed by atoms with Crippen molar-refractivity contribution >= 4 is 9.84 Å². The van der Waals surface area contributed by atoms with Crippen molar-refractivity contribution in [3.8, 4) is 5.75 Å². The van der Waals surface area contributed by atoms with Crippen LogP contribution in [0.25, 0.3) is 0 Å². The van der Waals surface area contributed by atoms with Crippen molar-refractivity contribution in [3.63, 3.8) is 0 Å². The molecule has 0 bridgehead atoms. The minimum absolute atomic E-state index is 0.0396. The summed E-state index contributed by atoms with van der Waals surface area (Å²) in [6.45, 7) is 0.947. The molecule has 2 aliphatic heterocycles. The lowest BCUT2D eigenvalue weighted by Crippen LogP contribution is -2.63. The van der Waals surface area contributed by atoms with Gasteiger partial charge in [0.15, 0.2) is 21.4 Å². The van der Waals surface area contributed by atoms with Crippen molar-refractivity contribution in [1.82, 2.24) is 4.90 Å². The maximum atomic E-state index is 15.1. The van der Waals surface area contributed by atoms with Crippen LogP contribution in [0.4, 0.5) is 8.78 Å². The first kappa shape index (κ1) is 20.3. The maximum absolute atomic E-state index is 15.1. The summed E-state index contributed by atoms with van der Waals surface area (Å²) in [5.41, 5.74) is -0.216. The number of aliphatic hydroxyl groups excluding tert-OH is 1. The Morgan fingerprint density at radius 3 is 2.59 bits per heavy atom. The second-order valence-corrected chi connectivity index (χ2v) is 9.69. The topological polar surface area (TPSA) is 66.8 Å². The second-order valence-electron chi connectivity index (χ2n) is 7.48. The Morgan fingerprint density at radius 2 is 1.86 bits per heavy atom. The number of piperidine rings is 1. The first-order valence-corrected chi connectivity index (χ1v) is 11.2. The zero-order chi connectivity index (χ0) is 20.6. The van der Waals surface area contributed by atoms with E-state index < -0.39 is 32.3 Å². The van der Waals surface area contributed by atoms with Crippen LogP contribution in [0.2, 0.25) is 0 Å². The minimum Gasteiger partial charge on any atom is -0.488 e. The van der Waals surface area contributed by atoms with Gasteiger partial charge in [0.25, 0.3) is 0 Å². The van der Waals surface area contributed by atoms with Gasteiger partial charge in [-0.3, -0.25) is 4.90 Å². The number of sulfone groups is 1. The van der Waals surface area contributed by atoms with Crippen molar-refractivity contribution in [1.29, 1.82) is 0 Å². The molecule has 1 N–H and O–H groups in total. The summed E-state index contributed by atoms with van der Waals surface area (Å²) in [4.78, 5) is 2.00. The third kappa shape index (κ3) is 3.05. The highest BCUT2D eigenvalue weighted by Gasteiger charge is 2.60. The number of rotatable bonds is 5. The van der Waals surface area contributed by atoms with Crippen molar-refractivity contribution in [2.24, 2.45) is 0 Å². The van der Waals surface area contributed by atoms with Crippen LogP contribution in [0.1, 0.15) is 24.8 Å². The van der Waals surface area contributed by atoms with Gasteiger partial charge in [-0.25, -0.2) is 17.2 Å². The zero-order valence-electron chi connectivity index (χ0n) is 15.9. The van der Waals surface area contributed by atoms with Gasteiger partial charge in [0, 0.05) is 13.2 Å². The highest BCUT2D eigenvalue weighted by molar-refractivity contribution is 7.92. The summed E-state index contributed by atoms with van der Waals surface area (Å²) in [5, 5.41) is 9.25. The average molecular weight is 423 g/mol. The van der Waals surface area contributed by atoms with Gasteiger partial charge in [-0.2, -0.15) is 0 Å². The number of ether oxygens (including phenoxy) is 1. The van der Waals surface area contributed by atoms with Crippen LogP contribution in [-0.4, -0.2) is 50.8 Å². The Balaban J connectivity index is 1.98. The van der Waals surface area contributed by atoms with E-state index in [0.717, 1.165) is 12.1 Å². The Labute approximate surface area is 168 Å². The van der Waals surface area contributed by atoms with Crippen LogP contribution >= 0.6 is 0 Å². The van der Waals surface area contributed by atoms with Gasteiger partial charge in [-0.1, -0.05) is 18.2 Å². The molecule has 1 fully saturated rings. The number of hydrogen-bond donors (Lipinski definition) is 1. The minimum atomic E-state index is -4.09. The van der Waals surface area contributed by atoms with Gasteiger partial charge in [0.2, 0.25) is 0 Å². The molecule has 2 aliphatic rings. The average Bonchev–Trinajstić information content (AvgIpc) is 2.74. The fraction of sp³-hybridized carbons (Fsp3) is 0.429. The van der Waals surface area contributed by atoms with E-state index >= 15 is 4.39 Å². The summed E-state index contributed by atoms with van der Waals surface area (Å²) < 4.78 is 61.5. The number of halogens is 2. The molecule has 8 heteroatoms. The van der Waals surface area contributed by atoms with Gasteiger partial charge in [0.05, 0.1) is 16.5 Å². The molecule has 0 aliphatic carbocycles.